The fourth-order valence-corrected chi connectivity index (χ4v) is 3.46. The first-order chi connectivity index (χ1) is 14.0. The Hall–Kier alpha value is -2.84. The summed E-state index contributed by atoms with van der Waals surface area (Å²) in [7, 11) is 3.20. The number of carbonyl (C=O) groups excluding carboxylic acids is 1. The molecule has 154 valence electrons. The minimum Gasteiger partial charge on any atom is -0.493 e. The van der Waals surface area contributed by atoms with Crippen molar-refractivity contribution < 1.29 is 23.4 Å². The first kappa shape index (κ1) is 20.9. The number of aromatic nitrogens is 1. The predicted octanol–water partition coefficient (Wildman–Crippen LogP) is 4.24. The molecule has 0 aliphatic carbocycles. The number of nitrogens with zero attached hydrogens (tertiary/aromatic N) is 1. The molecule has 0 aliphatic rings. The predicted molar refractivity (Wildman–Crippen MR) is 111 cm³/mol. The lowest BCUT2D eigenvalue weighted by atomic mass is 10.1. The SMILES string of the molecule is COCCOc1ccc(C(C)NC(=O)c2csc(-c3ccc(C)o3)n2)cc1OC. The van der Waals surface area contributed by atoms with E-state index in [1.54, 1.807) is 19.6 Å². The molecule has 3 aromatic rings. The molecule has 0 fully saturated rings. The Bertz CT molecular complexity index is 966. The van der Waals surface area contributed by atoms with Gasteiger partial charge in [0.2, 0.25) is 0 Å². The summed E-state index contributed by atoms with van der Waals surface area (Å²) in [5.74, 6) is 2.45. The summed E-state index contributed by atoms with van der Waals surface area (Å²) in [5, 5.41) is 5.36. The maximum Gasteiger partial charge on any atom is 0.271 e. The zero-order valence-corrected chi connectivity index (χ0v) is 17.7. The van der Waals surface area contributed by atoms with E-state index in [2.05, 4.69) is 10.3 Å². The van der Waals surface area contributed by atoms with E-state index >= 15 is 0 Å². The summed E-state index contributed by atoms with van der Waals surface area (Å²) in [6, 6.07) is 9.06. The molecule has 0 spiro atoms. The van der Waals surface area contributed by atoms with E-state index in [1.165, 1.54) is 11.3 Å². The molecule has 1 amide bonds. The Morgan fingerprint density at radius 3 is 2.72 bits per heavy atom. The summed E-state index contributed by atoms with van der Waals surface area (Å²) in [4.78, 5) is 17.0. The number of amides is 1. The van der Waals surface area contributed by atoms with E-state index in [0.29, 0.717) is 41.2 Å². The van der Waals surface area contributed by atoms with Crippen molar-refractivity contribution in [3.05, 3.63) is 52.7 Å². The van der Waals surface area contributed by atoms with Gasteiger partial charge in [-0.05, 0) is 43.7 Å². The van der Waals surface area contributed by atoms with Gasteiger partial charge in [-0.15, -0.1) is 11.3 Å². The average molecular weight is 416 g/mol. The molecule has 3 rings (SSSR count). The Labute approximate surface area is 173 Å². The summed E-state index contributed by atoms with van der Waals surface area (Å²) < 4.78 is 21.6. The Morgan fingerprint density at radius 1 is 1.21 bits per heavy atom. The van der Waals surface area contributed by atoms with Crippen LogP contribution in [-0.2, 0) is 4.74 Å². The van der Waals surface area contributed by atoms with Crippen LogP contribution in [0, 0.1) is 6.92 Å². The molecule has 2 aromatic heterocycles. The summed E-state index contributed by atoms with van der Waals surface area (Å²) in [6.07, 6.45) is 0. The minimum atomic E-state index is -0.248. The van der Waals surface area contributed by atoms with Crippen molar-refractivity contribution in [3.63, 3.8) is 0 Å². The van der Waals surface area contributed by atoms with Gasteiger partial charge in [0.15, 0.2) is 22.3 Å². The molecule has 0 bridgehead atoms. The van der Waals surface area contributed by atoms with Crippen molar-refractivity contribution in [2.75, 3.05) is 27.4 Å². The molecule has 0 radical (unpaired) electrons. The maximum atomic E-state index is 12.6. The number of hydrogen-bond donors (Lipinski definition) is 1. The van der Waals surface area contributed by atoms with E-state index in [1.807, 2.05) is 44.2 Å². The van der Waals surface area contributed by atoms with Gasteiger partial charge in [0.1, 0.15) is 18.1 Å². The minimum absolute atomic E-state index is 0.236. The van der Waals surface area contributed by atoms with Gasteiger partial charge in [-0.1, -0.05) is 6.07 Å². The van der Waals surface area contributed by atoms with Gasteiger partial charge in [0.05, 0.1) is 19.8 Å². The molecule has 1 unspecified atom stereocenters. The molecule has 0 aliphatic heterocycles. The number of rotatable bonds is 9. The van der Waals surface area contributed by atoms with Crippen LogP contribution in [-0.4, -0.2) is 38.3 Å². The zero-order chi connectivity index (χ0) is 20.8. The first-order valence-electron chi connectivity index (χ1n) is 9.14. The van der Waals surface area contributed by atoms with Crippen molar-refractivity contribution in [1.29, 1.82) is 0 Å². The van der Waals surface area contributed by atoms with Crippen LogP contribution in [0.4, 0.5) is 0 Å². The van der Waals surface area contributed by atoms with Gasteiger partial charge in [-0.2, -0.15) is 0 Å². The highest BCUT2D eigenvalue weighted by Crippen LogP contribution is 2.31. The average Bonchev–Trinajstić information content (AvgIpc) is 3.37. The fourth-order valence-electron chi connectivity index (χ4n) is 2.70. The topological polar surface area (TPSA) is 82.8 Å². The second-order valence-corrected chi connectivity index (χ2v) is 7.25. The van der Waals surface area contributed by atoms with Gasteiger partial charge in [-0.3, -0.25) is 4.79 Å². The lowest BCUT2D eigenvalue weighted by Crippen LogP contribution is -2.26. The number of benzene rings is 1. The standard InChI is InChI=1S/C21H24N2O5S/c1-13-5-7-18(28-13)21-23-16(12-29-21)20(24)22-14(2)15-6-8-17(19(11-15)26-4)27-10-9-25-3/h5-8,11-12,14H,9-10H2,1-4H3,(H,22,24). The second kappa shape index (κ2) is 9.58. The van der Waals surface area contributed by atoms with Crippen LogP contribution in [0.25, 0.3) is 10.8 Å². The quantitative estimate of drug-likeness (QED) is 0.526. The van der Waals surface area contributed by atoms with E-state index in [0.717, 1.165) is 11.3 Å². The van der Waals surface area contributed by atoms with E-state index in [9.17, 15) is 4.79 Å². The molecular weight excluding hydrogens is 392 g/mol. The molecule has 1 atom stereocenters. The summed E-state index contributed by atoms with van der Waals surface area (Å²) in [6.45, 7) is 4.69. The zero-order valence-electron chi connectivity index (χ0n) is 16.9. The summed E-state index contributed by atoms with van der Waals surface area (Å²) in [5.41, 5.74) is 1.25. The number of aryl methyl sites for hydroxylation is 1. The molecule has 8 heteroatoms. The van der Waals surface area contributed by atoms with Crippen molar-refractivity contribution in [2.45, 2.75) is 19.9 Å². The second-order valence-electron chi connectivity index (χ2n) is 6.39. The van der Waals surface area contributed by atoms with Crippen LogP contribution in [0.2, 0.25) is 0 Å². The third-order valence-corrected chi connectivity index (χ3v) is 5.13. The molecule has 7 nitrogen and oxygen atoms in total. The van der Waals surface area contributed by atoms with Gasteiger partial charge in [0, 0.05) is 12.5 Å². The molecular formula is C21H24N2O5S. The molecule has 1 N–H and O–H groups in total. The highest BCUT2D eigenvalue weighted by molar-refractivity contribution is 7.13. The first-order valence-corrected chi connectivity index (χ1v) is 10.0. The van der Waals surface area contributed by atoms with E-state index in [4.69, 9.17) is 18.6 Å². The fraction of sp³-hybridized carbons (Fsp3) is 0.333. The lowest BCUT2D eigenvalue weighted by Gasteiger charge is -2.16. The monoisotopic (exact) mass is 416 g/mol. The number of hydrogen-bond acceptors (Lipinski definition) is 7. The number of methoxy groups -OCH3 is 2. The Kier molecular flexibility index (Phi) is 6.90. The third kappa shape index (κ3) is 5.16. The maximum absolute atomic E-state index is 12.6. The molecule has 29 heavy (non-hydrogen) atoms. The third-order valence-electron chi connectivity index (χ3n) is 4.27. The van der Waals surface area contributed by atoms with Crippen LogP contribution >= 0.6 is 11.3 Å². The number of ether oxygens (including phenoxy) is 3. The highest BCUT2D eigenvalue weighted by Gasteiger charge is 2.17. The molecule has 0 saturated heterocycles. The van der Waals surface area contributed by atoms with Crippen LogP contribution in [0.1, 0.15) is 34.8 Å². The van der Waals surface area contributed by atoms with Crippen molar-refractivity contribution >= 4 is 17.2 Å². The number of nitrogens with one attached hydrogen (secondary N) is 1. The van der Waals surface area contributed by atoms with Crippen LogP contribution in [0.15, 0.2) is 40.1 Å². The largest absolute Gasteiger partial charge is 0.493 e. The lowest BCUT2D eigenvalue weighted by molar-refractivity contribution is 0.0935. The summed E-state index contributed by atoms with van der Waals surface area (Å²) >= 11 is 1.37. The van der Waals surface area contributed by atoms with Gasteiger partial charge >= 0.3 is 0 Å². The molecule has 0 saturated carbocycles. The van der Waals surface area contributed by atoms with E-state index < -0.39 is 0 Å². The van der Waals surface area contributed by atoms with Crippen molar-refractivity contribution in [3.8, 4) is 22.3 Å². The number of carbonyl (C=O) groups is 1. The van der Waals surface area contributed by atoms with Gasteiger partial charge in [-0.25, -0.2) is 4.98 Å². The van der Waals surface area contributed by atoms with Gasteiger partial charge in [0.25, 0.3) is 5.91 Å². The number of furan rings is 1. The molecule has 2 heterocycles. The highest BCUT2D eigenvalue weighted by atomic mass is 32.1. The van der Waals surface area contributed by atoms with Crippen molar-refractivity contribution in [2.24, 2.45) is 0 Å². The smallest absolute Gasteiger partial charge is 0.271 e. The van der Waals surface area contributed by atoms with Crippen LogP contribution in [0.5, 0.6) is 11.5 Å². The van der Waals surface area contributed by atoms with Crippen LogP contribution < -0.4 is 14.8 Å². The Balaban J connectivity index is 1.67. The van der Waals surface area contributed by atoms with Crippen LogP contribution in [0.3, 0.4) is 0 Å². The number of thiazole rings is 1. The normalized spacial score (nSPS) is 11.9. The van der Waals surface area contributed by atoms with Crippen molar-refractivity contribution in [1.82, 2.24) is 10.3 Å². The van der Waals surface area contributed by atoms with Gasteiger partial charge < -0.3 is 23.9 Å². The van der Waals surface area contributed by atoms with E-state index in [-0.39, 0.29) is 11.9 Å². The Morgan fingerprint density at radius 2 is 2.03 bits per heavy atom. The molecule has 1 aromatic carbocycles.